The second kappa shape index (κ2) is 4.87. The molecule has 2 N–H and O–H groups in total. The monoisotopic (exact) mass is 242 g/mol. The zero-order valence-electron chi connectivity index (χ0n) is 10.3. The fraction of sp³-hybridized carbons (Fsp3) is 0.143. The van der Waals surface area contributed by atoms with Crippen LogP contribution < -0.4 is 5.32 Å². The van der Waals surface area contributed by atoms with Gasteiger partial charge in [-0.05, 0) is 37.6 Å². The molecule has 0 aliphatic rings. The van der Waals surface area contributed by atoms with Gasteiger partial charge in [0.25, 0.3) is 5.91 Å². The SMILES string of the molecule is Cc1ccc(NC(=O)c2cccc(O)c2C)nc1. The molecule has 92 valence electrons. The highest BCUT2D eigenvalue weighted by Gasteiger charge is 2.11. The van der Waals surface area contributed by atoms with Crippen LogP contribution in [0.3, 0.4) is 0 Å². The summed E-state index contributed by atoms with van der Waals surface area (Å²) in [4.78, 5) is 16.1. The normalized spacial score (nSPS) is 10.1. The van der Waals surface area contributed by atoms with Crippen LogP contribution in [0.25, 0.3) is 0 Å². The lowest BCUT2D eigenvalue weighted by Crippen LogP contribution is -2.14. The van der Waals surface area contributed by atoms with Crippen molar-refractivity contribution in [2.45, 2.75) is 13.8 Å². The van der Waals surface area contributed by atoms with Crippen LogP contribution in [0.5, 0.6) is 5.75 Å². The van der Waals surface area contributed by atoms with Gasteiger partial charge in [0.05, 0.1) is 0 Å². The number of pyridine rings is 1. The van der Waals surface area contributed by atoms with E-state index in [1.807, 2.05) is 13.0 Å². The van der Waals surface area contributed by atoms with Crippen molar-refractivity contribution >= 4 is 11.7 Å². The van der Waals surface area contributed by atoms with Gasteiger partial charge in [-0.3, -0.25) is 4.79 Å². The Balaban J connectivity index is 2.22. The largest absolute Gasteiger partial charge is 0.508 e. The highest BCUT2D eigenvalue weighted by atomic mass is 16.3. The van der Waals surface area contributed by atoms with Crippen LogP contribution in [-0.2, 0) is 0 Å². The Hall–Kier alpha value is -2.36. The van der Waals surface area contributed by atoms with E-state index < -0.39 is 0 Å². The van der Waals surface area contributed by atoms with Crippen LogP contribution in [0, 0.1) is 13.8 Å². The highest BCUT2D eigenvalue weighted by molar-refractivity contribution is 6.05. The number of aryl methyl sites for hydroxylation is 1. The lowest BCUT2D eigenvalue weighted by Gasteiger charge is -2.08. The van der Waals surface area contributed by atoms with Crippen LogP contribution in [0.15, 0.2) is 36.5 Å². The molecule has 4 nitrogen and oxygen atoms in total. The maximum Gasteiger partial charge on any atom is 0.257 e. The van der Waals surface area contributed by atoms with Crippen molar-refractivity contribution in [2.75, 3.05) is 5.32 Å². The molecule has 1 amide bonds. The number of anilines is 1. The van der Waals surface area contributed by atoms with Gasteiger partial charge in [0.15, 0.2) is 0 Å². The van der Waals surface area contributed by atoms with Crippen molar-refractivity contribution < 1.29 is 9.90 Å². The molecule has 1 heterocycles. The molecule has 0 saturated heterocycles. The number of benzene rings is 1. The zero-order chi connectivity index (χ0) is 13.1. The average Bonchev–Trinajstić information content (AvgIpc) is 2.35. The number of nitrogens with one attached hydrogen (secondary N) is 1. The standard InChI is InChI=1S/C14H14N2O2/c1-9-6-7-13(15-8-9)16-14(18)11-4-3-5-12(17)10(11)2/h3-8,17H,1-2H3,(H,15,16,18). The molecule has 0 atom stereocenters. The Morgan fingerprint density at radius 2 is 2.00 bits per heavy atom. The van der Waals surface area contributed by atoms with E-state index >= 15 is 0 Å². The quantitative estimate of drug-likeness (QED) is 0.851. The van der Waals surface area contributed by atoms with Crippen molar-refractivity contribution in [1.29, 1.82) is 0 Å². The molecule has 0 radical (unpaired) electrons. The number of hydrogen-bond acceptors (Lipinski definition) is 3. The van der Waals surface area contributed by atoms with Gasteiger partial charge in [0.2, 0.25) is 0 Å². The van der Waals surface area contributed by atoms with Gasteiger partial charge in [-0.1, -0.05) is 12.1 Å². The van der Waals surface area contributed by atoms with Gasteiger partial charge < -0.3 is 10.4 Å². The third-order valence-electron chi connectivity index (χ3n) is 2.70. The number of aromatic hydroxyl groups is 1. The molecule has 0 aliphatic heterocycles. The fourth-order valence-electron chi connectivity index (χ4n) is 1.59. The molecule has 0 spiro atoms. The minimum atomic E-state index is -0.278. The Morgan fingerprint density at radius 1 is 1.22 bits per heavy atom. The number of rotatable bonds is 2. The molecule has 0 bridgehead atoms. The van der Waals surface area contributed by atoms with E-state index in [-0.39, 0.29) is 11.7 Å². The molecule has 1 aromatic heterocycles. The maximum absolute atomic E-state index is 12.0. The van der Waals surface area contributed by atoms with E-state index in [9.17, 15) is 9.90 Å². The van der Waals surface area contributed by atoms with Gasteiger partial charge in [-0.25, -0.2) is 4.98 Å². The van der Waals surface area contributed by atoms with Gasteiger partial charge in [-0.2, -0.15) is 0 Å². The third-order valence-corrected chi connectivity index (χ3v) is 2.70. The summed E-state index contributed by atoms with van der Waals surface area (Å²) in [5.41, 5.74) is 2.03. The minimum Gasteiger partial charge on any atom is -0.508 e. The predicted octanol–water partition coefficient (Wildman–Crippen LogP) is 2.66. The number of carbonyl (C=O) groups is 1. The molecule has 1 aromatic carbocycles. The van der Waals surface area contributed by atoms with Crippen LogP contribution in [0.1, 0.15) is 21.5 Å². The Labute approximate surface area is 105 Å². The highest BCUT2D eigenvalue weighted by Crippen LogP contribution is 2.20. The first-order valence-electron chi connectivity index (χ1n) is 5.60. The number of phenolic OH excluding ortho intramolecular Hbond substituents is 1. The van der Waals surface area contributed by atoms with Crippen molar-refractivity contribution in [3.8, 4) is 5.75 Å². The summed E-state index contributed by atoms with van der Waals surface area (Å²) in [6, 6.07) is 8.47. The summed E-state index contributed by atoms with van der Waals surface area (Å²) >= 11 is 0. The number of aromatic nitrogens is 1. The summed E-state index contributed by atoms with van der Waals surface area (Å²) in [5.74, 6) is 0.326. The molecule has 4 heteroatoms. The summed E-state index contributed by atoms with van der Waals surface area (Å²) in [6.45, 7) is 3.63. The van der Waals surface area contributed by atoms with Gasteiger partial charge >= 0.3 is 0 Å². The first-order chi connectivity index (χ1) is 8.58. The van der Waals surface area contributed by atoms with E-state index in [2.05, 4.69) is 10.3 Å². The van der Waals surface area contributed by atoms with Crippen LogP contribution >= 0.6 is 0 Å². The Morgan fingerprint density at radius 3 is 2.67 bits per heavy atom. The van der Waals surface area contributed by atoms with Crippen molar-refractivity contribution in [1.82, 2.24) is 4.98 Å². The molecular formula is C14H14N2O2. The topological polar surface area (TPSA) is 62.2 Å². The smallest absolute Gasteiger partial charge is 0.257 e. The average molecular weight is 242 g/mol. The first kappa shape index (κ1) is 12.1. The molecule has 0 unspecified atom stereocenters. The number of carbonyl (C=O) groups excluding carboxylic acids is 1. The number of nitrogens with zero attached hydrogens (tertiary/aromatic N) is 1. The molecule has 2 rings (SSSR count). The predicted molar refractivity (Wildman–Crippen MR) is 69.8 cm³/mol. The van der Waals surface area contributed by atoms with Crippen LogP contribution in [0.2, 0.25) is 0 Å². The molecular weight excluding hydrogens is 228 g/mol. The third kappa shape index (κ3) is 2.48. The van der Waals surface area contributed by atoms with Crippen molar-refractivity contribution in [3.63, 3.8) is 0 Å². The van der Waals surface area contributed by atoms with E-state index in [0.29, 0.717) is 16.9 Å². The molecule has 0 fully saturated rings. The van der Waals surface area contributed by atoms with Crippen molar-refractivity contribution in [3.05, 3.63) is 53.2 Å². The minimum absolute atomic E-state index is 0.111. The fourth-order valence-corrected chi connectivity index (χ4v) is 1.59. The van der Waals surface area contributed by atoms with E-state index in [1.54, 1.807) is 37.4 Å². The molecule has 18 heavy (non-hydrogen) atoms. The van der Waals surface area contributed by atoms with Gasteiger partial charge in [-0.15, -0.1) is 0 Å². The van der Waals surface area contributed by atoms with E-state index in [4.69, 9.17) is 0 Å². The van der Waals surface area contributed by atoms with Crippen molar-refractivity contribution in [2.24, 2.45) is 0 Å². The van der Waals surface area contributed by atoms with Crippen LogP contribution in [-0.4, -0.2) is 16.0 Å². The molecule has 2 aromatic rings. The Bertz CT molecular complexity index is 577. The first-order valence-corrected chi connectivity index (χ1v) is 5.60. The summed E-state index contributed by atoms with van der Waals surface area (Å²) in [6.07, 6.45) is 1.69. The number of phenols is 1. The summed E-state index contributed by atoms with van der Waals surface area (Å²) in [5, 5.41) is 12.2. The van der Waals surface area contributed by atoms with E-state index in [1.165, 1.54) is 0 Å². The number of amides is 1. The molecule has 0 saturated carbocycles. The van der Waals surface area contributed by atoms with E-state index in [0.717, 1.165) is 5.56 Å². The summed E-state index contributed by atoms with van der Waals surface area (Å²) in [7, 11) is 0. The van der Waals surface area contributed by atoms with Gasteiger partial charge in [0.1, 0.15) is 11.6 Å². The maximum atomic E-state index is 12.0. The number of hydrogen-bond donors (Lipinski definition) is 2. The Kier molecular flexibility index (Phi) is 3.28. The molecule has 0 aliphatic carbocycles. The van der Waals surface area contributed by atoms with Gasteiger partial charge in [0, 0.05) is 17.3 Å². The lowest BCUT2D eigenvalue weighted by atomic mass is 10.1. The lowest BCUT2D eigenvalue weighted by molar-refractivity contribution is 0.102. The second-order valence-electron chi connectivity index (χ2n) is 4.12. The second-order valence-corrected chi connectivity index (χ2v) is 4.12. The van der Waals surface area contributed by atoms with Crippen LogP contribution in [0.4, 0.5) is 5.82 Å². The zero-order valence-corrected chi connectivity index (χ0v) is 10.3. The summed E-state index contributed by atoms with van der Waals surface area (Å²) < 4.78 is 0.